The first-order valence-electron chi connectivity index (χ1n) is 8.19. The van der Waals surface area contributed by atoms with Crippen LogP contribution in [0.5, 0.6) is 5.75 Å². The highest BCUT2D eigenvalue weighted by atomic mass is 16.5. The van der Waals surface area contributed by atoms with Crippen LogP contribution in [0, 0.1) is 0 Å². The Morgan fingerprint density at radius 2 is 1.95 bits per heavy atom. The lowest BCUT2D eigenvalue weighted by Gasteiger charge is -2.07. The molecule has 0 atom stereocenters. The van der Waals surface area contributed by atoms with Crippen molar-refractivity contribution in [1.82, 2.24) is 10.3 Å². The maximum absolute atomic E-state index is 5.72. The van der Waals surface area contributed by atoms with Crippen LogP contribution in [0.15, 0.2) is 18.3 Å². The Kier molecular flexibility index (Phi) is 6.85. The van der Waals surface area contributed by atoms with Crippen LogP contribution in [0.1, 0.15) is 64.0 Å². The first-order chi connectivity index (χ1) is 9.88. The predicted molar refractivity (Wildman–Crippen MR) is 83.0 cm³/mol. The molecule has 0 aliphatic heterocycles. The van der Waals surface area contributed by atoms with E-state index < -0.39 is 0 Å². The molecule has 1 aliphatic carbocycles. The van der Waals surface area contributed by atoms with Gasteiger partial charge in [-0.3, -0.25) is 4.98 Å². The Morgan fingerprint density at radius 1 is 1.15 bits per heavy atom. The average Bonchev–Trinajstić information content (AvgIpc) is 3.30. The minimum absolute atomic E-state index is 0.737. The van der Waals surface area contributed by atoms with Gasteiger partial charge in [0, 0.05) is 12.6 Å². The third-order valence-electron chi connectivity index (χ3n) is 3.71. The minimum Gasteiger partial charge on any atom is -0.492 e. The normalized spacial score (nSPS) is 14.4. The number of unbranched alkanes of at least 4 members (excludes halogenated alkanes) is 5. The van der Waals surface area contributed by atoms with Gasteiger partial charge in [-0.05, 0) is 31.4 Å². The molecule has 1 heterocycles. The molecule has 112 valence electrons. The molecular formula is C17H28N2O. The van der Waals surface area contributed by atoms with Gasteiger partial charge >= 0.3 is 0 Å². The van der Waals surface area contributed by atoms with Crippen molar-refractivity contribution < 1.29 is 4.74 Å². The molecular weight excluding hydrogens is 248 g/mol. The van der Waals surface area contributed by atoms with Crippen molar-refractivity contribution in [3.63, 3.8) is 0 Å². The van der Waals surface area contributed by atoms with E-state index in [2.05, 4.69) is 23.3 Å². The maximum Gasteiger partial charge on any atom is 0.137 e. The van der Waals surface area contributed by atoms with Crippen molar-refractivity contribution in [3.05, 3.63) is 24.0 Å². The molecule has 1 N–H and O–H groups in total. The van der Waals surface area contributed by atoms with E-state index in [-0.39, 0.29) is 0 Å². The van der Waals surface area contributed by atoms with E-state index in [0.29, 0.717) is 0 Å². The van der Waals surface area contributed by atoms with E-state index in [9.17, 15) is 0 Å². The summed E-state index contributed by atoms with van der Waals surface area (Å²) in [7, 11) is 0. The first kappa shape index (κ1) is 15.3. The molecule has 0 radical (unpaired) electrons. The molecule has 2 rings (SSSR count). The number of rotatable bonds is 11. The quantitative estimate of drug-likeness (QED) is 0.619. The second kappa shape index (κ2) is 8.96. The highest BCUT2D eigenvalue weighted by Crippen LogP contribution is 2.19. The van der Waals surface area contributed by atoms with Gasteiger partial charge in [-0.2, -0.15) is 0 Å². The smallest absolute Gasteiger partial charge is 0.137 e. The summed E-state index contributed by atoms with van der Waals surface area (Å²) in [4.78, 5) is 4.43. The summed E-state index contributed by atoms with van der Waals surface area (Å²) < 4.78 is 5.72. The number of pyridine rings is 1. The van der Waals surface area contributed by atoms with Crippen LogP contribution >= 0.6 is 0 Å². The topological polar surface area (TPSA) is 34.1 Å². The van der Waals surface area contributed by atoms with Gasteiger partial charge in [0.15, 0.2) is 0 Å². The van der Waals surface area contributed by atoms with E-state index in [1.165, 1.54) is 44.9 Å². The number of aromatic nitrogens is 1. The van der Waals surface area contributed by atoms with Gasteiger partial charge in [0.25, 0.3) is 0 Å². The number of nitrogens with one attached hydrogen (secondary N) is 1. The van der Waals surface area contributed by atoms with Gasteiger partial charge in [0.2, 0.25) is 0 Å². The largest absolute Gasteiger partial charge is 0.492 e. The van der Waals surface area contributed by atoms with Crippen molar-refractivity contribution in [2.75, 3.05) is 6.61 Å². The standard InChI is InChI=1S/C17H28N2O/c1-2-3-4-5-6-7-12-20-17-11-10-16(19-14-17)13-18-15-8-9-15/h10-11,14-15,18H,2-9,12-13H2,1H3. The van der Waals surface area contributed by atoms with Crippen LogP contribution in [-0.4, -0.2) is 17.6 Å². The third kappa shape index (κ3) is 6.38. The summed E-state index contributed by atoms with van der Waals surface area (Å²) in [5.41, 5.74) is 1.10. The lowest BCUT2D eigenvalue weighted by molar-refractivity contribution is 0.303. The zero-order valence-corrected chi connectivity index (χ0v) is 12.7. The predicted octanol–water partition coefficient (Wildman–Crippen LogP) is 4.07. The van der Waals surface area contributed by atoms with Crippen LogP contribution in [0.4, 0.5) is 0 Å². The summed E-state index contributed by atoms with van der Waals surface area (Å²) in [5, 5.41) is 3.47. The highest BCUT2D eigenvalue weighted by Gasteiger charge is 2.19. The van der Waals surface area contributed by atoms with Gasteiger partial charge in [-0.25, -0.2) is 0 Å². The van der Waals surface area contributed by atoms with E-state index in [1.54, 1.807) is 0 Å². The highest BCUT2D eigenvalue weighted by molar-refractivity contribution is 5.19. The fourth-order valence-corrected chi connectivity index (χ4v) is 2.21. The lowest BCUT2D eigenvalue weighted by atomic mass is 10.1. The Labute approximate surface area is 123 Å². The van der Waals surface area contributed by atoms with Crippen LogP contribution in [0.3, 0.4) is 0 Å². The van der Waals surface area contributed by atoms with Crippen molar-refractivity contribution >= 4 is 0 Å². The van der Waals surface area contributed by atoms with E-state index in [1.807, 2.05) is 12.3 Å². The molecule has 1 aromatic heterocycles. The molecule has 0 aromatic carbocycles. The molecule has 0 spiro atoms. The van der Waals surface area contributed by atoms with Gasteiger partial charge in [-0.1, -0.05) is 39.0 Å². The maximum atomic E-state index is 5.72. The molecule has 3 nitrogen and oxygen atoms in total. The molecule has 1 saturated carbocycles. The van der Waals surface area contributed by atoms with E-state index >= 15 is 0 Å². The Bertz CT molecular complexity index is 360. The molecule has 0 unspecified atom stereocenters. The Balaban J connectivity index is 1.53. The van der Waals surface area contributed by atoms with Crippen molar-refractivity contribution in [3.8, 4) is 5.75 Å². The van der Waals surface area contributed by atoms with Gasteiger partial charge in [0.05, 0.1) is 18.5 Å². The number of hydrogen-bond donors (Lipinski definition) is 1. The first-order valence-corrected chi connectivity index (χ1v) is 8.19. The molecule has 20 heavy (non-hydrogen) atoms. The average molecular weight is 276 g/mol. The van der Waals surface area contributed by atoms with Crippen LogP contribution < -0.4 is 10.1 Å². The second-order valence-corrected chi connectivity index (χ2v) is 5.76. The Morgan fingerprint density at radius 3 is 2.65 bits per heavy atom. The molecule has 0 saturated heterocycles. The summed E-state index contributed by atoms with van der Waals surface area (Å²) in [5.74, 6) is 0.897. The van der Waals surface area contributed by atoms with Gasteiger partial charge < -0.3 is 10.1 Å². The molecule has 1 fully saturated rings. The molecule has 0 amide bonds. The van der Waals surface area contributed by atoms with Crippen molar-refractivity contribution in [2.24, 2.45) is 0 Å². The van der Waals surface area contributed by atoms with Gasteiger partial charge in [-0.15, -0.1) is 0 Å². The number of ether oxygens (including phenoxy) is 1. The summed E-state index contributed by atoms with van der Waals surface area (Å²) in [6.45, 7) is 3.94. The minimum atomic E-state index is 0.737. The number of hydrogen-bond acceptors (Lipinski definition) is 3. The summed E-state index contributed by atoms with van der Waals surface area (Å²) in [6, 6.07) is 4.83. The Hall–Kier alpha value is -1.09. The molecule has 0 bridgehead atoms. The third-order valence-corrected chi connectivity index (χ3v) is 3.71. The zero-order valence-electron chi connectivity index (χ0n) is 12.7. The summed E-state index contributed by atoms with van der Waals surface area (Å²) >= 11 is 0. The van der Waals surface area contributed by atoms with E-state index in [4.69, 9.17) is 4.74 Å². The lowest BCUT2D eigenvalue weighted by Crippen LogP contribution is -2.16. The fourth-order valence-electron chi connectivity index (χ4n) is 2.21. The van der Waals surface area contributed by atoms with Crippen LogP contribution in [0.2, 0.25) is 0 Å². The van der Waals surface area contributed by atoms with Gasteiger partial charge in [0.1, 0.15) is 5.75 Å². The van der Waals surface area contributed by atoms with Crippen LogP contribution in [-0.2, 0) is 6.54 Å². The molecule has 1 aliphatic rings. The van der Waals surface area contributed by atoms with E-state index in [0.717, 1.165) is 37.1 Å². The molecule has 3 heteroatoms. The van der Waals surface area contributed by atoms with Crippen molar-refractivity contribution in [1.29, 1.82) is 0 Å². The monoisotopic (exact) mass is 276 g/mol. The second-order valence-electron chi connectivity index (χ2n) is 5.76. The van der Waals surface area contributed by atoms with Crippen molar-refractivity contribution in [2.45, 2.75) is 70.9 Å². The SMILES string of the molecule is CCCCCCCCOc1ccc(CNC2CC2)nc1. The molecule has 1 aromatic rings. The zero-order chi connectivity index (χ0) is 14.0. The van der Waals surface area contributed by atoms with Crippen LogP contribution in [0.25, 0.3) is 0 Å². The number of nitrogens with zero attached hydrogens (tertiary/aromatic N) is 1. The fraction of sp³-hybridized carbons (Fsp3) is 0.706. The summed E-state index contributed by atoms with van der Waals surface area (Å²) in [6.07, 6.45) is 12.3.